The van der Waals surface area contributed by atoms with Crippen molar-refractivity contribution in [2.75, 3.05) is 56.9 Å². The maximum atomic E-state index is 13.9. The number of likely N-dealkylation sites (N-methyl/N-ethyl adjacent to an activating group) is 1. The fraction of sp³-hybridized carbons (Fsp3) is 0.370. The van der Waals surface area contributed by atoms with Gasteiger partial charge in [-0.3, -0.25) is 19.6 Å². The molecule has 5 rings (SSSR count). The quantitative estimate of drug-likeness (QED) is 0.491. The van der Waals surface area contributed by atoms with Gasteiger partial charge in [-0.2, -0.15) is 4.31 Å². The maximum absolute atomic E-state index is 13.9. The number of hydrogen-bond acceptors (Lipinski definition) is 8. The second-order valence-electron chi connectivity index (χ2n) is 9.77. The summed E-state index contributed by atoms with van der Waals surface area (Å²) in [5.74, 6) is -0.234. The van der Waals surface area contributed by atoms with Crippen LogP contribution in [0.3, 0.4) is 0 Å². The first-order valence-electron chi connectivity index (χ1n) is 12.8. The minimum absolute atomic E-state index is 0.127. The van der Waals surface area contributed by atoms with Crippen LogP contribution in [-0.2, 0) is 16.6 Å². The van der Waals surface area contributed by atoms with Crippen molar-refractivity contribution in [3.63, 3.8) is 0 Å². The highest BCUT2D eigenvalue weighted by Crippen LogP contribution is 2.33. The van der Waals surface area contributed by atoms with Crippen LogP contribution >= 0.6 is 0 Å². The zero-order chi connectivity index (χ0) is 26.7. The van der Waals surface area contributed by atoms with Crippen molar-refractivity contribution in [1.82, 2.24) is 24.1 Å². The Morgan fingerprint density at radius 2 is 1.68 bits per heavy atom. The Hall–Kier alpha value is -3.38. The monoisotopic (exact) mass is 535 g/mol. The largest absolute Gasteiger partial charge is 0.383 e. The first-order chi connectivity index (χ1) is 18.3. The van der Waals surface area contributed by atoms with E-state index in [2.05, 4.69) is 19.8 Å². The fourth-order valence-corrected chi connectivity index (χ4v) is 6.38. The molecular weight excluding hydrogens is 502 g/mol. The predicted octanol–water partition coefficient (Wildman–Crippen LogP) is 2.57. The Labute approximate surface area is 223 Å². The normalized spacial score (nSPS) is 17.5. The number of carbonyl (C=O) groups is 1. The number of likely N-dealkylation sites (tertiary alicyclic amines) is 1. The van der Waals surface area contributed by atoms with Crippen LogP contribution in [0, 0.1) is 0 Å². The summed E-state index contributed by atoms with van der Waals surface area (Å²) in [5, 5.41) is 0. The lowest BCUT2D eigenvalue weighted by atomic mass is 10.1. The van der Waals surface area contributed by atoms with Gasteiger partial charge in [-0.15, -0.1) is 0 Å². The van der Waals surface area contributed by atoms with E-state index in [0.29, 0.717) is 44.1 Å². The molecule has 2 aliphatic rings. The van der Waals surface area contributed by atoms with Crippen molar-refractivity contribution in [2.24, 2.45) is 0 Å². The Morgan fingerprint density at radius 3 is 2.37 bits per heavy atom. The van der Waals surface area contributed by atoms with Crippen molar-refractivity contribution in [3.8, 4) is 0 Å². The second kappa shape index (κ2) is 11.2. The van der Waals surface area contributed by atoms with Gasteiger partial charge >= 0.3 is 0 Å². The molecule has 2 aromatic heterocycles. The van der Waals surface area contributed by atoms with Crippen LogP contribution in [0.1, 0.15) is 28.8 Å². The van der Waals surface area contributed by atoms with Gasteiger partial charge in [-0.1, -0.05) is 0 Å². The fourth-order valence-electron chi connectivity index (χ4n) is 4.96. The van der Waals surface area contributed by atoms with Crippen LogP contribution in [0.25, 0.3) is 0 Å². The molecule has 0 spiro atoms. The summed E-state index contributed by atoms with van der Waals surface area (Å²) in [6.07, 6.45) is 7.24. The minimum Gasteiger partial charge on any atom is -0.383 e. The van der Waals surface area contributed by atoms with Gasteiger partial charge in [0, 0.05) is 50.8 Å². The number of sulfonamides is 1. The number of rotatable bonds is 7. The topological polar surface area (TPSA) is 116 Å². The van der Waals surface area contributed by atoms with E-state index < -0.39 is 10.0 Å². The molecule has 10 nitrogen and oxygen atoms in total. The van der Waals surface area contributed by atoms with Gasteiger partial charge in [-0.25, -0.2) is 13.4 Å². The SMILES string of the molecule is CN1CCN(S(=O)(=O)c2ccc(N(C(=O)c3cccnc3N)c3cnccc3CN3CCCC3)cc2)CC1. The van der Waals surface area contributed by atoms with Crippen LogP contribution in [-0.4, -0.2) is 84.7 Å². The number of pyridine rings is 2. The molecule has 2 aliphatic heterocycles. The minimum atomic E-state index is -3.64. The van der Waals surface area contributed by atoms with Crippen LogP contribution in [0.2, 0.25) is 0 Å². The van der Waals surface area contributed by atoms with E-state index in [1.165, 1.54) is 10.5 Å². The van der Waals surface area contributed by atoms with Crippen molar-refractivity contribution in [3.05, 3.63) is 72.2 Å². The Balaban J connectivity index is 1.52. The zero-order valence-electron chi connectivity index (χ0n) is 21.5. The Morgan fingerprint density at radius 1 is 0.974 bits per heavy atom. The highest BCUT2D eigenvalue weighted by Gasteiger charge is 2.29. The number of nitrogens with zero attached hydrogens (tertiary/aromatic N) is 6. The molecule has 0 aliphatic carbocycles. The van der Waals surface area contributed by atoms with E-state index in [-0.39, 0.29) is 22.2 Å². The summed E-state index contributed by atoms with van der Waals surface area (Å²) in [6, 6.07) is 11.7. The highest BCUT2D eigenvalue weighted by molar-refractivity contribution is 7.89. The lowest BCUT2D eigenvalue weighted by molar-refractivity contribution is 0.0999. The average Bonchev–Trinajstić information content (AvgIpc) is 3.44. The van der Waals surface area contributed by atoms with E-state index in [1.54, 1.807) is 53.7 Å². The van der Waals surface area contributed by atoms with Gasteiger partial charge in [-0.05, 0) is 81.0 Å². The number of anilines is 3. The lowest BCUT2D eigenvalue weighted by Crippen LogP contribution is -2.47. The molecule has 1 amide bonds. The zero-order valence-corrected chi connectivity index (χ0v) is 22.3. The van der Waals surface area contributed by atoms with E-state index >= 15 is 0 Å². The molecule has 0 saturated carbocycles. The summed E-state index contributed by atoms with van der Waals surface area (Å²) < 4.78 is 28.1. The van der Waals surface area contributed by atoms with E-state index in [0.717, 1.165) is 31.5 Å². The summed E-state index contributed by atoms with van der Waals surface area (Å²) in [7, 11) is -1.66. The Bertz CT molecular complexity index is 1380. The predicted molar refractivity (Wildman–Crippen MR) is 147 cm³/mol. The van der Waals surface area contributed by atoms with Gasteiger partial charge in [0.2, 0.25) is 10.0 Å². The van der Waals surface area contributed by atoms with Crippen molar-refractivity contribution in [1.29, 1.82) is 0 Å². The molecule has 0 bridgehead atoms. The van der Waals surface area contributed by atoms with Crippen LogP contribution in [0.15, 0.2) is 66.0 Å². The van der Waals surface area contributed by atoms with E-state index in [1.807, 2.05) is 13.1 Å². The number of nitrogen functional groups attached to an aromatic ring is 1. The van der Waals surface area contributed by atoms with Gasteiger partial charge < -0.3 is 10.6 Å². The maximum Gasteiger partial charge on any atom is 0.266 e. The number of amides is 1. The second-order valence-corrected chi connectivity index (χ2v) is 11.7. The van der Waals surface area contributed by atoms with Gasteiger partial charge in [0.1, 0.15) is 5.82 Å². The molecule has 2 saturated heterocycles. The van der Waals surface area contributed by atoms with Crippen molar-refractivity contribution in [2.45, 2.75) is 24.3 Å². The number of aromatic nitrogens is 2. The molecule has 3 aromatic rings. The third-order valence-electron chi connectivity index (χ3n) is 7.19. The van der Waals surface area contributed by atoms with Crippen LogP contribution < -0.4 is 10.6 Å². The van der Waals surface area contributed by atoms with E-state index in [9.17, 15) is 13.2 Å². The number of hydrogen-bond donors (Lipinski definition) is 1. The van der Waals surface area contributed by atoms with Crippen molar-refractivity contribution >= 4 is 33.1 Å². The molecule has 200 valence electrons. The summed E-state index contributed by atoms with van der Waals surface area (Å²) in [4.78, 5) is 28.6. The smallest absolute Gasteiger partial charge is 0.266 e. The molecule has 2 fully saturated rings. The Kier molecular flexibility index (Phi) is 7.70. The highest BCUT2D eigenvalue weighted by atomic mass is 32.2. The summed E-state index contributed by atoms with van der Waals surface area (Å²) in [5.41, 5.74) is 8.45. The first kappa shape index (κ1) is 26.2. The third kappa shape index (κ3) is 5.41. The van der Waals surface area contributed by atoms with Gasteiger partial charge in [0.15, 0.2) is 0 Å². The molecule has 11 heteroatoms. The molecule has 4 heterocycles. The molecule has 38 heavy (non-hydrogen) atoms. The lowest BCUT2D eigenvalue weighted by Gasteiger charge is -2.31. The van der Waals surface area contributed by atoms with Crippen molar-refractivity contribution < 1.29 is 13.2 Å². The van der Waals surface area contributed by atoms with Gasteiger partial charge in [0.05, 0.1) is 22.3 Å². The van der Waals surface area contributed by atoms with Crippen LogP contribution in [0.5, 0.6) is 0 Å². The number of benzene rings is 1. The summed E-state index contributed by atoms with van der Waals surface area (Å²) in [6.45, 7) is 4.95. The molecule has 1 aromatic carbocycles. The van der Waals surface area contributed by atoms with Crippen LogP contribution in [0.4, 0.5) is 17.2 Å². The van der Waals surface area contributed by atoms with E-state index in [4.69, 9.17) is 5.73 Å². The standard InChI is InChI=1S/C27H33N7O3S/c1-31-15-17-33(18-16-31)38(36,37)23-8-6-22(7-9-23)34(27(35)24-5-4-11-30-26(24)28)25-19-29-12-10-21(25)20-32-13-2-3-14-32/h4-12,19H,2-3,13-18,20H2,1H3,(H2,28,30). The molecule has 0 atom stereocenters. The molecular formula is C27H33N7O3S. The molecule has 2 N–H and O–H groups in total. The molecule has 0 unspecified atom stereocenters. The number of carbonyl (C=O) groups excluding carboxylic acids is 1. The number of piperazine rings is 1. The number of nitrogens with two attached hydrogens (primary N) is 1. The average molecular weight is 536 g/mol. The molecule has 0 radical (unpaired) electrons. The van der Waals surface area contributed by atoms with Gasteiger partial charge in [0.25, 0.3) is 5.91 Å². The summed E-state index contributed by atoms with van der Waals surface area (Å²) >= 11 is 0. The third-order valence-corrected chi connectivity index (χ3v) is 9.10. The first-order valence-corrected chi connectivity index (χ1v) is 14.3.